The van der Waals surface area contributed by atoms with Crippen molar-refractivity contribution in [2.45, 2.75) is 12.6 Å². The summed E-state index contributed by atoms with van der Waals surface area (Å²) in [5, 5.41) is 16.2. The molecule has 4 nitrogen and oxygen atoms in total. The molecule has 1 fully saturated rings. The lowest BCUT2D eigenvalue weighted by molar-refractivity contribution is 0.146. The second kappa shape index (κ2) is 6.00. The largest absolute Gasteiger partial charge is 0.497 e. The van der Waals surface area contributed by atoms with Crippen molar-refractivity contribution in [2.24, 2.45) is 5.92 Å². The van der Waals surface area contributed by atoms with Crippen LogP contribution in [0.3, 0.4) is 0 Å². The summed E-state index contributed by atoms with van der Waals surface area (Å²) in [5.41, 5.74) is 1.23. The Labute approximate surface area is 102 Å². The van der Waals surface area contributed by atoms with Crippen LogP contribution in [0.25, 0.3) is 0 Å². The van der Waals surface area contributed by atoms with Crippen molar-refractivity contribution in [3.63, 3.8) is 0 Å². The van der Waals surface area contributed by atoms with Gasteiger partial charge < -0.3 is 20.5 Å². The molecule has 17 heavy (non-hydrogen) atoms. The van der Waals surface area contributed by atoms with Crippen LogP contribution in [0.4, 0.5) is 0 Å². The van der Waals surface area contributed by atoms with E-state index in [-0.39, 0.29) is 6.10 Å². The van der Waals surface area contributed by atoms with E-state index >= 15 is 0 Å². The normalized spacial score (nSPS) is 23.9. The number of nitrogens with one attached hydrogen (secondary N) is 2. The van der Waals surface area contributed by atoms with Gasteiger partial charge >= 0.3 is 0 Å². The number of hydrogen-bond donors (Lipinski definition) is 3. The minimum Gasteiger partial charge on any atom is -0.497 e. The van der Waals surface area contributed by atoms with Crippen LogP contribution in [-0.4, -0.2) is 38.0 Å². The maximum Gasteiger partial charge on any atom is 0.118 e. The molecule has 0 amide bonds. The molecular formula is C13H20N2O2. The van der Waals surface area contributed by atoms with Crippen LogP contribution >= 0.6 is 0 Å². The molecule has 2 rings (SSSR count). The smallest absolute Gasteiger partial charge is 0.118 e. The van der Waals surface area contributed by atoms with Crippen molar-refractivity contribution in [3.8, 4) is 5.75 Å². The number of aliphatic hydroxyl groups excluding tert-OH is 1. The Morgan fingerprint density at radius 3 is 2.71 bits per heavy atom. The third-order valence-corrected chi connectivity index (χ3v) is 3.20. The molecule has 3 N–H and O–H groups in total. The van der Waals surface area contributed by atoms with E-state index in [9.17, 15) is 5.11 Å². The van der Waals surface area contributed by atoms with Gasteiger partial charge in [-0.05, 0) is 17.7 Å². The summed E-state index contributed by atoms with van der Waals surface area (Å²) < 4.78 is 5.11. The second-order valence-corrected chi connectivity index (χ2v) is 4.46. The lowest BCUT2D eigenvalue weighted by Crippen LogP contribution is -2.30. The van der Waals surface area contributed by atoms with Gasteiger partial charge in [0.2, 0.25) is 0 Å². The highest BCUT2D eigenvalue weighted by Gasteiger charge is 2.23. The maximum absolute atomic E-state index is 9.64. The first-order valence-electron chi connectivity index (χ1n) is 6.02. The van der Waals surface area contributed by atoms with E-state index in [1.807, 2.05) is 12.1 Å². The summed E-state index contributed by atoms with van der Waals surface area (Å²) in [6, 6.07) is 8.02. The second-order valence-electron chi connectivity index (χ2n) is 4.46. The predicted molar refractivity (Wildman–Crippen MR) is 67.1 cm³/mol. The standard InChI is InChI=1S/C13H20N2O2/c1-17-12-4-2-10(3-5-12)6-14-7-11-8-15-9-13(11)16/h2-5,11,13-16H,6-9H2,1H3. The molecule has 1 heterocycles. The van der Waals surface area contributed by atoms with Crippen LogP contribution in [0.15, 0.2) is 24.3 Å². The lowest BCUT2D eigenvalue weighted by Gasteiger charge is -2.14. The molecule has 0 saturated carbocycles. The molecule has 0 radical (unpaired) electrons. The lowest BCUT2D eigenvalue weighted by atomic mass is 10.1. The zero-order chi connectivity index (χ0) is 12.1. The van der Waals surface area contributed by atoms with Gasteiger partial charge in [-0.15, -0.1) is 0 Å². The quantitative estimate of drug-likeness (QED) is 0.691. The van der Waals surface area contributed by atoms with Crippen molar-refractivity contribution in [1.82, 2.24) is 10.6 Å². The first-order chi connectivity index (χ1) is 8.29. The zero-order valence-electron chi connectivity index (χ0n) is 10.1. The molecule has 2 atom stereocenters. The Morgan fingerprint density at radius 2 is 2.12 bits per heavy atom. The zero-order valence-corrected chi connectivity index (χ0v) is 10.1. The van der Waals surface area contributed by atoms with E-state index in [1.54, 1.807) is 7.11 Å². The van der Waals surface area contributed by atoms with Crippen LogP contribution in [0.1, 0.15) is 5.56 Å². The van der Waals surface area contributed by atoms with Gasteiger partial charge in [0.1, 0.15) is 5.75 Å². The van der Waals surface area contributed by atoms with Crippen molar-refractivity contribution >= 4 is 0 Å². The Bertz CT molecular complexity index is 340. The average Bonchev–Trinajstić information content (AvgIpc) is 2.76. The minimum atomic E-state index is -0.210. The van der Waals surface area contributed by atoms with Gasteiger partial charge in [-0.2, -0.15) is 0 Å². The Hall–Kier alpha value is -1.10. The molecule has 0 aromatic heterocycles. The van der Waals surface area contributed by atoms with Gasteiger partial charge in [-0.25, -0.2) is 0 Å². The van der Waals surface area contributed by atoms with E-state index in [1.165, 1.54) is 5.56 Å². The summed E-state index contributed by atoms with van der Waals surface area (Å²) >= 11 is 0. The van der Waals surface area contributed by atoms with Crippen LogP contribution in [-0.2, 0) is 6.54 Å². The molecule has 0 aliphatic carbocycles. The van der Waals surface area contributed by atoms with Gasteiger partial charge in [-0.3, -0.25) is 0 Å². The average molecular weight is 236 g/mol. The number of aliphatic hydroxyl groups is 1. The van der Waals surface area contributed by atoms with E-state index < -0.39 is 0 Å². The minimum absolute atomic E-state index is 0.210. The van der Waals surface area contributed by atoms with Crippen molar-refractivity contribution in [3.05, 3.63) is 29.8 Å². The number of methoxy groups -OCH3 is 1. The monoisotopic (exact) mass is 236 g/mol. The third-order valence-electron chi connectivity index (χ3n) is 3.20. The van der Waals surface area contributed by atoms with E-state index in [0.717, 1.165) is 31.9 Å². The summed E-state index contributed by atoms with van der Waals surface area (Å²) in [6.45, 7) is 3.29. The molecule has 0 spiro atoms. The molecule has 4 heteroatoms. The topological polar surface area (TPSA) is 53.5 Å². The van der Waals surface area contributed by atoms with Gasteiger partial charge in [0.15, 0.2) is 0 Å². The number of ether oxygens (including phenoxy) is 1. The maximum atomic E-state index is 9.64. The molecule has 1 aromatic carbocycles. The summed E-state index contributed by atoms with van der Waals surface area (Å²) in [4.78, 5) is 0. The highest BCUT2D eigenvalue weighted by atomic mass is 16.5. The Balaban J connectivity index is 1.73. The molecule has 1 aliphatic heterocycles. The summed E-state index contributed by atoms with van der Waals surface area (Å²) in [5.74, 6) is 1.21. The Morgan fingerprint density at radius 1 is 1.35 bits per heavy atom. The van der Waals surface area contributed by atoms with Gasteiger partial charge in [-0.1, -0.05) is 12.1 Å². The molecular weight excluding hydrogens is 216 g/mol. The fourth-order valence-electron chi connectivity index (χ4n) is 2.07. The highest BCUT2D eigenvalue weighted by molar-refractivity contribution is 5.26. The third kappa shape index (κ3) is 3.43. The van der Waals surface area contributed by atoms with Gasteiger partial charge in [0, 0.05) is 32.1 Å². The predicted octanol–water partition coefficient (Wildman–Crippen LogP) is 0.365. The van der Waals surface area contributed by atoms with Crippen LogP contribution in [0.5, 0.6) is 5.75 Å². The molecule has 2 unspecified atom stereocenters. The number of benzene rings is 1. The Kier molecular flexibility index (Phi) is 4.36. The van der Waals surface area contributed by atoms with E-state index in [4.69, 9.17) is 4.74 Å². The van der Waals surface area contributed by atoms with E-state index in [2.05, 4.69) is 22.8 Å². The van der Waals surface area contributed by atoms with Crippen molar-refractivity contribution < 1.29 is 9.84 Å². The first kappa shape index (κ1) is 12.4. The van der Waals surface area contributed by atoms with Gasteiger partial charge in [0.25, 0.3) is 0 Å². The molecule has 94 valence electrons. The van der Waals surface area contributed by atoms with Crippen LogP contribution in [0.2, 0.25) is 0 Å². The highest BCUT2D eigenvalue weighted by Crippen LogP contribution is 2.11. The first-order valence-corrected chi connectivity index (χ1v) is 6.02. The number of β-amino-alcohol motifs (C(OH)–C–C–N with tert-alkyl or cyclic N) is 1. The van der Waals surface area contributed by atoms with Crippen molar-refractivity contribution in [2.75, 3.05) is 26.7 Å². The fraction of sp³-hybridized carbons (Fsp3) is 0.538. The van der Waals surface area contributed by atoms with Crippen LogP contribution < -0.4 is 15.4 Å². The number of hydrogen-bond acceptors (Lipinski definition) is 4. The number of rotatable bonds is 5. The summed E-state index contributed by atoms with van der Waals surface area (Å²) in [7, 11) is 1.67. The molecule has 0 bridgehead atoms. The molecule has 1 aromatic rings. The van der Waals surface area contributed by atoms with Crippen molar-refractivity contribution in [1.29, 1.82) is 0 Å². The summed E-state index contributed by atoms with van der Waals surface area (Å²) in [6.07, 6.45) is -0.210. The fourth-order valence-corrected chi connectivity index (χ4v) is 2.07. The van der Waals surface area contributed by atoms with Crippen LogP contribution in [0, 0.1) is 5.92 Å². The SMILES string of the molecule is COc1ccc(CNCC2CNCC2O)cc1. The molecule has 1 saturated heterocycles. The van der Waals surface area contributed by atoms with Gasteiger partial charge in [0.05, 0.1) is 13.2 Å². The molecule has 1 aliphatic rings. The van der Waals surface area contributed by atoms with E-state index in [0.29, 0.717) is 5.92 Å².